The van der Waals surface area contributed by atoms with Crippen LogP contribution >= 0.6 is 11.3 Å². The third-order valence-electron chi connectivity index (χ3n) is 3.03. The molecule has 0 aliphatic carbocycles. The van der Waals surface area contributed by atoms with Crippen LogP contribution in [0.4, 0.5) is 0 Å². The number of carbonyl (C=O) groups is 1. The van der Waals surface area contributed by atoms with E-state index in [1.807, 2.05) is 50.4 Å². The van der Waals surface area contributed by atoms with Gasteiger partial charge < -0.3 is 9.47 Å². The van der Waals surface area contributed by atoms with Crippen LogP contribution in [0.3, 0.4) is 0 Å². The summed E-state index contributed by atoms with van der Waals surface area (Å²) in [5.41, 5.74) is 4.12. The number of nitrogens with zero attached hydrogens (tertiary/aromatic N) is 1. The van der Waals surface area contributed by atoms with Crippen LogP contribution in [0.5, 0.6) is 11.5 Å². The molecular weight excluding hydrogens is 312 g/mol. The van der Waals surface area contributed by atoms with E-state index in [1.165, 1.54) is 11.3 Å². The first-order chi connectivity index (χ1) is 11.2. The van der Waals surface area contributed by atoms with Crippen LogP contribution in [0.15, 0.2) is 40.8 Å². The summed E-state index contributed by atoms with van der Waals surface area (Å²) in [7, 11) is 0. The minimum atomic E-state index is -0.213. The Hall–Kier alpha value is -2.34. The average Bonchev–Trinajstić information content (AvgIpc) is 3.09. The van der Waals surface area contributed by atoms with E-state index in [0.717, 1.165) is 5.56 Å². The lowest BCUT2D eigenvalue weighted by atomic mass is 10.1. The van der Waals surface area contributed by atoms with Gasteiger partial charge in [0.05, 0.1) is 23.8 Å². The predicted molar refractivity (Wildman–Crippen MR) is 92.8 cm³/mol. The van der Waals surface area contributed by atoms with Crippen LogP contribution < -0.4 is 14.9 Å². The summed E-state index contributed by atoms with van der Waals surface area (Å²) in [5, 5.41) is 6.01. The fourth-order valence-corrected chi connectivity index (χ4v) is 2.55. The highest BCUT2D eigenvalue weighted by Gasteiger charge is 2.09. The van der Waals surface area contributed by atoms with Crippen molar-refractivity contribution in [2.45, 2.75) is 20.8 Å². The molecule has 122 valence electrons. The van der Waals surface area contributed by atoms with Gasteiger partial charge in [-0.1, -0.05) is 6.07 Å². The second-order valence-electron chi connectivity index (χ2n) is 4.64. The monoisotopic (exact) mass is 332 g/mol. The molecule has 0 aliphatic heterocycles. The van der Waals surface area contributed by atoms with E-state index >= 15 is 0 Å². The molecule has 1 amide bonds. The normalized spacial score (nSPS) is 11.2. The number of hydrazone groups is 1. The molecule has 23 heavy (non-hydrogen) atoms. The van der Waals surface area contributed by atoms with Crippen LogP contribution in [-0.2, 0) is 0 Å². The summed E-state index contributed by atoms with van der Waals surface area (Å²) in [5.74, 6) is 1.16. The Labute approximate surface area is 139 Å². The Bertz CT molecular complexity index is 681. The molecule has 1 aromatic heterocycles. The van der Waals surface area contributed by atoms with Crippen LogP contribution in [0, 0.1) is 0 Å². The molecule has 2 rings (SSSR count). The van der Waals surface area contributed by atoms with Gasteiger partial charge in [-0.15, -0.1) is 11.3 Å². The van der Waals surface area contributed by atoms with Crippen LogP contribution in [0.2, 0.25) is 0 Å². The van der Waals surface area contributed by atoms with Gasteiger partial charge in [-0.2, -0.15) is 5.10 Å². The van der Waals surface area contributed by atoms with Gasteiger partial charge in [0.1, 0.15) is 0 Å². The summed E-state index contributed by atoms with van der Waals surface area (Å²) >= 11 is 1.38. The van der Waals surface area contributed by atoms with E-state index in [2.05, 4.69) is 10.5 Å². The van der Waals surface area contributed by atoms with Crippen molar-refractivity contribution in [3.8, 4) is 11.5 Å². The standard InChI is InChI=1S/C17H20N2O3S/c1-4-21-14-9-8-13(11-15(14)22-5-2)12(3)18-19-17(20)16-7-6-10-23-16/h6-11H,4-5H2,1-3H3,(H,19,20)/b18-12-. The lowest BCUT2D eigenvalue weighted by molar-refractivity contribution is 0.0959. The maximum Gasteiger partial charge on any atom is 0.281 e. The Morgan fingerprint density at radius 1 is 1.17 bits per heavy atom. The maximum atomic E-state index is 11.9. The van der Waals surface area contributed by atoms with Gasteiger partial charge in [0, 0.05) is 5.56 Å². The first-order valence-corrected chi connectivity index (χ1v) is 8.31. The number of ether oxygens (including phenoxy) is 2. The summed E-state index contributed by atoms with van der Waals surface area (Å²) in [6, 6.07) is 9.20. The van der Waals surface area contributed by atoms with Gasteiger partial charge in [-0.3, -0.25) is 4.79 Å². The Kier molecular flexibility index (Phi) is 6.17. The largest absolute Gasteiger partial charge is 0.490 e. The predicted octanol–water partition coefficient (Wildman–Crippen LogP) is 3.70. The van der Waals surface area contributed by atoms with E-state index in [-0.39, 0.29) is 5.91 Å². The third-order valence-corrected chi connectivity index (χ3v) is 3.90. The molecule has 1 aromatic carbocycles. The molecule has 0 saturated heterocycles. The number of benzene rings is 1. The van der Waals surface area contributed by atoms with Gasteiger partial charge in [0.2, 0.25) is 0 Å². The zero-order valence-corrected chi connectivity index (χ0v) is 14.3. The summed E-state index contributed by atoms with van der Waals surface area (Å²) < 4.78 is 11.1. The first kappa shape index (κ1) is 17.0. The fraction of sp³-hybridized carbons (Fsp3) is 0.294. The minimum absolute atomic E-state index is 0.213. The van der Waals surface area contributed by atoms with Crippen molar-refractivity contribution >= 4 is 23.0 Å². The second kappa shape index (κ2) is 8.33. The molecule has 2 aromatic rings. The van der Waals surface area contributed by atoms with E-state index in [0.29, 0.717) is 35.3 Å². The van der Waals surface area contributed by atoms with Gasteiger partial charge in [0.15, 0.2) is 11.5 Å². The van der Waals surface area contributed by atoms with E-state index in [9.17, 15) is 4.79 Å². The SMILES string of the molecule is CCOc1ccc(/C(C)=N\NC(=O)c2cccs2)cc1OCC. The summed E-state index contributed by atoms with van der Waals surface area (Å²) in [6.07, 6.45) is 0. The van der Waals surface area contributed by atoms with Gasteiger partial charge in [-0.25, -0.2) is 5.43 Å². The Morgan fingerprint density at radius 3 is 2.57 bits per heavy atom. The van der Waals surface area contributed by atoms with Crippen LogP contribution in [0.1, 0.15) is 36.0 Å². The van der Waals surface area contributed by atoms with Crippen molar-refractivity contribution in [1.29, 1.82) is 0 Å². The highest BCUT2D eigenvalue weighted by molar-refractivity contribution is 7.12. The van der Waals surface area contributed by atoms with E-state index < -0.39 is 0 Å². The number of hydrogen-bond donors (Lipinski definition) is 1. The number of nitrogens with one attached hydrogen (secondary N) is 1. The zero-order chi connectivity index (χ0) is 16.7. The summed E-state index contributed by atoms with van der Waals surface area (Å²) in [4.78, 5) is 12.5. The highest BCUT2D eigenvalue weighted by atomic mass is 32.1. The Morgan fingerprint density at radius 2 is 1.91 bits per heavy atom. The van der Waals surface area contributed by atoms with Crippen LogP contribution in [-0.4, -0.2) is 24.8 Å². The summed E-state index contributed by atoms with van der Waals surface area (Å²) in [6.45, 7) is 6.80. The van der Waals surface area contributed by atoms with Crippen molar-refractivity contribution in [3.63, 3.8) is 0 Å². The van der Waals surface area contributed by atoms with Crippen molar-refractivity contribution in [2.75, 3.05) is 13.2 Å². The minimum Gasteiger partial charge on any atom is -0.490 e. The molecule has 1 N–H and O–H groups in total. The second-order valence-corrected chi connectivity index (χ2v) is 5.59. The van der Waals surface area contributed by atoms with Crippen LogP contribution in [0.25, 0.3) is 0 Å². The van der Waals surface area contributed by atoms with Crippen molar-refractivity contribution in [2.24, 2.45) is 5.10 Å². The molecule has 0 unspecified atom stereocenters. The molecule has 0 spiro atoms. The average molecular weight is 332 g/mol. The first-order valence-electron chi connectivity index (χ1n) is 7.43. The molecule has 5 nitrogen and oxygen atoms in total. The van der Waals surface area contributed by atoms with Gasteiger partial charge >= 0.3 is 0 Å². The molecule has 0 radical (unpaired) electrons. The van der Waals surface area contributed by atoms with E-state index in [1.54, 1.807) is 6.07 Å². The maximum absolute atomic E-state index is 11.9. The Balaban J connectivity index is 2.14. The zero-order valence-electron chi connectivity index (χ0n) is 13.5. The quantitative estimate of drug-likeness (QED) is 0.621. The number of rotatable bonds is 7. The fourth-order valence-electron chi connectivity index (χ4n) is 1.94. The number of hydrogen-bond acceptors (Lipinski definition) is 5. The molecular formula is C17H20N2O3S. The van der Waals surface area contributed by atoms with Gasteiger partial charge in [0.25, 0.3) is 5.91 Å². The number of carbonyl (C=O) groups excluding carboxylic acids is 1. The third kappa shape index (κ3) is 4.56. The molecule has 0 saturated carbocycles. The molecule has 0 fully saturated rings. The molecule has 0 bridgehead atoms. The lowest BCUT2D eigenvalue weighted by Crippen LogP contribution is -2.18. The number of thiophene rings is 1. The molecule has 6 heteroatoms. The number of amides is 1. The van der Waals surface area contributed by atoms with Gasteiger partial charge in [-0.05, 0) is 50.4 Å². The van der Waals surface area contributed by atoms with E-state index in [4.69, 9.17) is 9.47 Å². The molecule has 0 aliphatic rings. The highest BCUT2D eigenvalue weighted by Crippen LogP contribution is 2.28. The van der Waals surface area contributed by atoms with Crippen molar-refractivity contribution in [3.05, 3.63) is 46.2 Å². The lowest BCUT2D eigenvalue weighted by Gasteiger charge is -2.12. The van der Waals surface area contributed by atoms with Crippen molar-refractivity contribution in [1.82, 2.24) is 5.43 Å². The molecule has 0 atom stereocenters. The van der Waals surface area contributed by atoms with Crippen molar-refractivity contribution < 1.29 is 14.3 Å². The smallest absolute Gasteiger partial charge is 0.281 e. The topological polar surface area (TPSA) is 59.9 Å². The molecule has 1 heterocycles.